The molecule has 0 bridgehead atoms. The fourth-order valence-corrected chi connectivity index (χ4v) is 2.39. The number of ketones is 2. The quantitative estimate of drug-likeness (QED) is 0.835. The second-order valence-electron chi connectivity index (χ2n) is 4.73. The van der Waals surface area contributed by atoms with Gasteiger partial charge in [-0.25, -0.2) is 9.97 Å². The molecule has 0 saturated heterocycles. The molecule has 20 heavy (non-hydrogen) atoms. The highest BCUT2D eigenvalue weighted by molar-refractivity contribution is 6.26. The van der Waals surface area contributed by atoms with Crippen LogP contribution in [0.3, 0.4) is 0 Å². The van der Waals surface area contributed by atoms with E-state index in [9.17, 15) is 9.59 Å². The van der Waals surface area contributed by atoms with Crippen LogP contribution < -0.4 is 0 Å². The van der Waals surface area contributed by atoms with Crippen molar-refractivity contribution in [2.75, 3.05) is 0 Å². The highest BCUT2D eigenvalue weighted by Crippen LogP contribution is 2.27. The Labute approximate surface area is 116 Å². The standard InChI is InChI=1S/C16H12N2O2/c1-10-14(6-11-7-17-9-18-8-11)16(20)13-5-3-2-4-12(13)15(10)19/h2-5,7-9H,6H2,1H3. The van der Waals surface area contributed by atoms with Gasteiger partial charge in [-0.3, -0.25) is 9.59 Å². The topological polar surface area (TPSA) is 59.9 Å². The first kappa shape index (κ1) is 12.4. The van der Waals surface area contributed by atoms with Crippen LogP contribution in [0.25, 0.3) is 0 Å². The Morgan fingerprint density at radius 3 is 2.20 bits per heavy atom. The number of carbonyl (C=O) groups is 2. The summed E-state index contributed by atoms with van der Waals surface area (Å²) in [5.41, 5.74) is 2.83. The number of allylic oxidation sites excluding steroid dienone is 2. The van der Waals surface area contributed by atoms with Gasteiger partial charge in [0.25, 0.3) is 0 Å². The minimum atomic E-state index is -0.0819. The molecule has 0 saturated carbocycles. The average molecular weight is 264 g/mol. The first-order chi connectivity index (χ1) is 9.68. The van der Waals surface area contributed by atoms with E-state index >= 15 is 0 Å². The Bertz CT molecular complexity index is 733. The van der Waals surface area contributed by atoms with Gasteiger partial charge in [0.2, 0.25) is 0 Å². The maximum Gasteiger partial charge on any atom is 0.190 e. The second kappa shape index (κ2) is 4.81. The van der Waals surface area contributed by atoms with E-state index < -0.39 is 0 Å². The number of nitrogens with zero attached hydrogens (tertiary/aromatic N) is 2. The fourth-order valence-electron chi connectivity index (χ4n) is 2.39. The molecule has 1 aliphatic carbocycles. The molecular formula is C16H12N2O2. The molecule has 0 spiro atoms. The summed E-state index contributed by atoms with van der Waals surface area (Å²) in [4.78, 5) is 32.7. The van der Waals surface area contributed by atoms with Gasteiger partial charge < -0.3 is 0 Å². The number of hydrogen-bond acceptors (Lipinski definition) is 4. The van der Waals surface area contributed by atoms with Crippen LogP contribution in [0.4, 0.5) is 0 Å². The summed E-state index contributed by atoms with van der Waals surface area (Å²) in [7, 11) is 0. The molecule has 2 aromatic rings. The van der Waals surface area contributed by atoms with Gasteiger partial charge >= 0.3 is 0 Å². The summed E-state index contributed by atoms with van der Waals surface area (Å²) in [5.74, 6) is -0.159. The monoisotopic (exact) mass is 264 g/mol. The average Bonchev–Trinajstić information content (AvgIpc) is 2.50. The van der Waals surface area contributed by atoms with Crippen molar-refractivity contribution in [2.45, 2.75) is 13.3 Å². The van der Waals surface area contributed by atoms with Gasteiger partial charge in [-0.05, 0) is 12.5 Å². The fraction of sp³-hybridized carbons (Fsp3) is 0.125. The van der Waals surface area contributed by atoms with Gasteiger partial charge in [-0.15, -0.1) is 0 Å². The Hall–Kier alpha value is -2.62. The van der Waals surface area contributed by atoms with Crippen LogP contribution in [-0.2, 0) is 6.42 Å². The van der Waals surface area contributed by atoms with Crippen LogP contribution in [0.5, 0.6) is 0 Å². The lowest BCUT2D eigenvalue weighted by Gasteiger charge is -2.18. The summed E-state index contributed by atoms with van der Waals surface area (Å²) in [6.45, 7) is 1.70. The van der Waals surface area contributed by atoms with E-state index in [1.807, 2.05) is 0 Å². The Morgan fingerprint density at radius 1 is 0.950 bits per heavy atom. The van der Waals surface area contributed by atoms with Crippen molar-refractivity contribution >= 4 is 11.6 Å². The van der Waals surface area contributed by atoms with Gasteiger partial charge in [0.05, 0.1) is 0 Å². The predicted octanol–water partition coefficient (Wildman–Crippen LogP) is 2.41. The first-order valence-electron chi connectivity index (χ1n) is 6.30. The first-order valence-corrected chi connectivity index (χ1v) is 6.30. The molecule has 0 radical (unpaired) electrons. The zero-order valence-electron chi connectivity index (χ0n) is 11.0. The van der Waals surface area contributed by atoms with Crippen LogP contribution in [0, 0.1) is 0 Å². The van der Waals surface area contributed by atoms with Crippen LogP contribution in [0.2, 0.25) is 0 Å². The molecule has 0 amide bonds. The molecule has 0 unspecified atom stereocenters. The molecular weight excluding hydrogens is 252 g/mol. The number of aromatic nitrogens is 2. The number of Topliss-reactive ketones (excluding diaryl/α,β-unsaturated/α-hetero) is 2. The Kier molecular flexibility index (Phi) is 2.99. The molecule has 3 rings (SSSR count). The van der Waals surface area contributed by atoms with Gasteiger partial charge in [-0.2, -0.15) is 0 Å². The van der Waals surface area contributed by atoms with Gasteiger partial charge in [-0.1, -0.05) is 24.3 Å². The summed E-state index contributed by atoms with van der Waals surface area (Å²) in [5, 5.41) is 0. The number of fused-ring (bicyclic) bond motifs is 1. The van der Waals surface area contributed by atoms with Crippen LogP contribution in [-0.4, -0.2) is 21.5 Å². The number of rotatable bonds is 2. The van der Waals surface area contributed by atoms with Gasteiger partial charge in [0, 0.05) is 41.1 Å². The second-order valence-corrected chi connectivity index (χ2v) is 4.73. The summed E-state index contributed by atoms with van der Waals surface area (Å²) < 4.78 is 0. The largest absolute Gasteiger partial charge is 0.289 e. The third kappa shape index (κ3) is 1.95. The van der Waals surface area contributed by atoms with Crippen molar-refractivity contribution in [1.82, 2.24) is 9.97 Å². The lowest BCUT2D eigenvalue weighted by molar-refractivity contribution is 0.0973. The molecule has 1 aromatic heterocycles. The van der Waals surface area contributed by atoms with Gasteiger partial charge in [0.1, 0.15) is 6.33 Å². The van der Waals surface area contributed by atoms with E-state index in [0.717, 1.165) is 5.56 Å². The molecule has 4 heteroatoms. The zero-order chi connectivity index (χ0) is 14.1. The molecule has 4 nitrogen and oxygen atoms in total. The number of benzene rings is 1. The third-order valence-electron chi connectivity index (χ3n) is 3.48. The normalized spacial score (nSPS) is 14.4. The summed E-state index contributed by atoms with van der Waals surface area (Å²) in [6.07, 6.45) is 5.14. The predicted molar refractivity (Wildman–Crippen MR) is 73.5 cm³/mol. The molecule has 0 N–H and O–H groups in total. The molecule has 0 aliphatic heterocycles. The van der Waals surface area contributed by atoms with E-state index in [4.69, 9.17) is 0 Å². The van der Waals surface area contributed by atoms with E-state index in [0.29, 0.717) is 28.7 Å². The van der Waals surface area contributed by atoms with Crippen LogP contribution in [0.15, 0.2) is 54.1 Å². The summed E-state index contributed by atoms with van der Waals surface area (Å²) >= 11 is 0. The lowest BCUT2D eigenvalue weighted by atomic mass is 9.82. The lowest BCUT2D eigenvalue weighted by Crippen LogP contribution is -2.22. The molecule has 0 fully saturated rings. The van der Waals surface area contributed by atoms with E-state index in [2.05, 4.69) is 9.97 Å². The molecule has 0 atom stereocenters. The third-order valence-corrected chi connectivity index (χ3v) is 3.48. The number of carbonyl (C=O) groups excluding carboxylic acids is 2. The molecule has 98 valence electrons. The van der Waals surface area contributed by atoms with E-state index in [1.54, 1.807) is 43.6 Å². The maximum absolute atomic E-state index is 12.5. The number of hydrogen-bond donors (Lipinski definition) is 0. The smallest absolute Gasteiger partial charge is 0.190 e. The minimum Gasteiger partial charge on any atom is -0.289 e. The Morgan fingerprint density at radius 2 is 1.55 bits per heavy atom. The van der Waals surface area contributed by atoms with Crippen molar-refractivity contribution in [3.8, 4) is 0 Å². The van der Waals surface area contributed by atoms with Crippen molar-refractivity contribution in [3.63, 3.8) is 0 Å². The highest BCUT2D eigenvalue weighted by atomic mass is 16.1. The van der Waals surface area contributed by atoms with Crippen LogP contribution >= 0.6 is 0 Å². The minimum absolute atomic E-state index is 0.0768. The molecule has 1 aliphatic rings. The summed E-state index contributed by atoms with van der Waals surface area (Å²) in [6, 6.07) is 6.94. The zero-order valence-corrected chi connectivity index (χ0v) is 11.0. The van der Waals surface area contributed by atoms with E-state index in [1.165, 1.54) is 6.33 Å². The molecule has 1 heterocycles. The van der Waals surface area contributed by atoms with E-state index in [-0.39, 0.29) is 11.6 Å². The SMILES string of the molecule is CC1=C(Cc2cncnc2)C(=O)c2ccccc2C1=O. The van der Waals surface area contributed by atoms with Crippen LogP contribution in [0.1, 0.15) is 33.2 Å². The van der Waals surface area contributed by atoms with Crippen molar-refractivity contribution < 1.29 is 9.59 Å². The van der Waals surface area contributed by atoms with Gasteiger partial charge in [0.15, 0.2) is 11.6 Å². The van der Waals surface area contributed by atoms with Crippen molar-refractivity contribution in [2.24, 2.45) is 0 Å². The van der Waals surface area contributed by atoms with Crippen molar-refractivity contribution in [3.05, 3.63) is 70.8 Å². The maximum atomic E-state index is 12.5. The van der Waals surface area contributed by atoms with Crippen molar-refractivity contribution in [1.29, 1.82) is 0 Å². The Balaban J connectivity index is 2.06. The molecule has 1 aromatic carbocycles. The highest BCUT2D eigenvalue weighted by Gasteiger charge is 2.29.